The molecule has 1 aromatic heterocycles. The highest BCUT2D eigenvalue weighted by atomic mass is 32.2. The molecule has 1 heterocycles. The van der Waals surface area contributed by atoms with E-state index in [1.54, 1.807) is 37.3 Å². The largest absolute Gasteiger partial charge is 0.515 e. The van der Waals surface area contributed by atoms with Gasteiger partial charge in [-0.15, -0.1) is 0 Å². The number of aromatic amines is 1. The second-order valence-electron chi connectivity index (χ2n) is 9.62. The molecule has 0 radical (unpaired) electrons. The molecular weight excluding hydrogens is 476 g/mol. The van der Waals surface area contributed by atoms with Gasteiger partial charge in [0.05, 0.1) is 17.1 Å². The van der Waals surface area contributed by atoms with Crippen LogP contribution >= 0.6 is 0 Å². The molecule has 0 bridgehead atoms. The number of carbonyl (C=O) groups is 1. The first kappa shape index (κ1) is 25.3. The van der Waals surface area contributed by atoms with Crippen LogP contribution in [0, 0.1) is 6.92 Å². The molecule has 0 aliphatic carbocycles. The monoisotopic (exact) mass is 506 g/mol. The predicted molar refractivity (Wildman–Crippen MR) is 142 cm³/mol. The third kappa shape index (κ3) is 5.39. The van der Waals surface area contributed by atoms with Crippen molar-refractivity contribution in [2.45, 2.75) is 44.9 Å². The first-order valence-electron chi connectivity index (χ1n) is 11.7. The van der Waals surface area contributed by atoms with Gasteiger partial charge in [0.25, 0.3) is 10.0 Å². The quantitative estimate of drug-likeness (QED) is 0.281. The third-order valence-corrected chi connectivity index (χ3v) is 7.20. The average molecular weight is 507 g/mol. The molecule has 4 aromatic rings. The number of hydrogen-bond acceptors (Lipinski definition) is 5. The number of H-pyrrole nitrogens is 1. The number of aryl methyl sites for hydroxylation is 1. The van der Waals surface area contributed by atoms with Crippen molar-refractivity contribution in [2.24, 2.45) is 0 Å². The van der Waals surface area contributed by atoms with Crippen molar-refractivity contribution in [3.8, 4) is 17.0 Å². The van der Waals surface area contributed by atoms with E-state index in [0.29, 0.717) is 22.2 Å². The minimum absolute atomic E-state index is 0.0788. The molecule has 188 valence electrons. The highest BCUT2D eigenvalue weighted by molar-refractivity contribution is 7.92. The second-order valence-corrected chi connectivity index (χ2v) is 11.3. The number of aromatic nitrogens is 1. The lowest BCUT2D eigenvalue weighted by molar-refractivity contribution is 0.103. The summed E-state index contributed by atoms with van der Waals surface area (Å²) in [5.41, 5.74) is 4.52. The third-order valence-electron chi connectivity index (χ3n) is 5.80. The summed E-state index contributed by atoms with van der Waals surface area (Å²) in [5.74, 6) is 0.229. The van der Waals surface area contributed by atoms with Gasteiger partial charge < -0.3 is 14.5 Å². The standard InChI is InChI=1S/C28H30N2O5S/c1-6-34-27(31)35-26-25(19-9-7-8-18(2)16-19)23-17-21(12-15-24(23)29-26)30-36(32,33)22-13-10-20(11-14-22)28(3,4)5/h7-17,29-30H,6H2,1-5H3. The molecule has 0 saturated heterocycles. The summed E-state index contributed by atoms with van der Waals surface area (Å²) in [4.78, 5) is 15.4. The Morgan fingerprint density at radius 1 is 1.00 bits per heavy atom. The number of sulfonamides is 1. The van der Waals surface area contributed by atoms with Gasteiger partial charge in [-0.25, -0.2) is 13.2 Å². The molecule has 4 rings (SSSR count). The normalized spacial score (nSPS) is 11.9. The zero-order valence-corrected chi connectivity index (χ0v) is 21.8. The number of carbonyl (C=O) groups excluding carboxylic acids is 1. The summed E-state index contributed by atoms with van der Waals surface area (Å²) in [6.07, 6.45) is -0.822. The maximum Gasteiger partial charge on any atom is 0.515 e. The molecule has 0 fully saturated rings. The van der Waals surface area contributed by atoms with Crippen LogP contribution < -0.4 is 9.46 Å². The smallest absolute Gasteiger partial charge is 0.434 e. The maximum absolute atomic E-state index is 13.1. The number of ether oxygens (including phenoxy) is 2. The lowest BCUT2D eigenvalue weighted by Crippen LogP contribution is -2.14. The Morgan fingerprint density at radius 2 is 1.72 bits per heavy atom. The lowest BCUT2D eigenvalue weighted by atomic mass is 9.87. The Bertz CT molecular complexity index is 1510. The fourth-order valence-corrected chi connectivity index (χ4v) is 5.02. The minimum Gasteiger partial charge on any atom is -0.434 e. The second kappa shape index (κ2) is 9.70. The summed E-state index contributed by atoms with van der Waals surface area (Å²) < 4.78 is 39.3. The Kier molecular flexibility index (Phi) is 6.82. The van der Waals surface area contributed by atoms with Crippen LogP contribution in [0.25, 0.3) is 22.0 Å². The molecule has 3 aromatic carbocycles. The molecular formula is C28H30N2O5S. The van der Waals surface area contributed by atoms with E-state index in [0.717, 1.165) is 16.7 Å². The van der Waals surface area contributed by atoms with Crippen LogP contribution in [0.5, 0.6) is 5.88 Å². The van der Waals surface area contributed by atoms with Crippen LogP contribution in [0.3, 0.4) is 0 Å². The van der Waals surface area contributed by atoms with Gasteiger partial charge >= 0.3 is 6.16 Å². The van der Waals surface area contributed by atoms with E-state index in [9.17, 15) is 13.2 Å². The summed E-state index contributed by atoms with van der Waals surface area (Å²) in [6, 6.07) is 19.8. The van der Waals surface area contributed by atoms with Crippen LogP contribution in [-0.4, -0.2) is 26.2 Å². The summed E-state index contributed by atoms with van der Waals surface area (Å²) >= 11 is 0. The molecule has 0 amide bonds. The van der Waals surface area contributed by atoms with Gasteiger partial charge in [0.2, 0.25) is 5.88 Å². The number of hydrogen-bond donors (Lipinski definition) is 2. The van der Waals surface area contributed by atoms with Crippen LogP contribution in [-0.2, 0) is 20.2 Å². The van der Waals surface area contributed by atoms with Crippen molar-refractivity contribution in [3.05, 3.63) is 77.9 Å². The zero-order valence-electron chi connectivity index (χ0n) is 21.0. The topological polar surface area (TPSA) is 97.5 Å². The molecule has 0 aliphatic rings. The molecule has 7 nitrogen and oxygen atoms in total. The molecule has 0 atom stereocenters. The molecule has 0 unspecified atom stereocenters. The highest BCUT2D eigenvalue weighted by Gasteiger charge is 2.21. The maximum atomic E-state index is 13.1. The number of fused-ring (bicyclic) bond motifs is 1. The van der Waals surface area contributed by atoms with Gasteiger partial charge in [0.1, 0.15) is 0 Å². The van der Waals surface area contributed by atoms with E-state index in [1.807, 2.05) is 43.3 Å². The van der Waals surface area contributed by atoms with Gasteiger partial charge in [0, 0.05) is 16.6 Å². The van der Waals surface area contributed by atoms with Crippen LogP contribution in [0.1, 0.15) is 38.8 Å². The van der Waals surface area contributed by atoms with E-state index in [1.165, 1.54) is 0 Å². The minimum atomic E-state index is -3.81. The summed E-state index contributed by atoms with van der Waals surface area (Å²) in [6.45, 7) is 10.1. The number of benzene rings is 3. The van der Waals surface area contributed by atoms with Crippen LogP contribution in [0.15, 0.2) is 71.6 Å². The predicted octanol–water partition coefficient (Wildman–Crippen LogP) is 6.78. The van der Waals surface area contributed by atoms with E-state index in [4.69, 9.17) is 9.47 Å². The van der Waals surface area contributed by atoms with Crippen molar-refractivity contribution in [3.63, 3.8) is 0 Å². The molecule has 0 spiro atoms. The van der Waals surface area contributed by atoms with Crippen molar-refractivity contribution in [1.82, 2.24) is 4.98 Å². The van der Waals surface area contributed by atoms with Gasteiger partial charge in [-0.2, -0.15) is 0 Å². The van der Waals surface area contributed by atoms with Gasteiger partial charge in [-0.05, 0) is 60.7 Å². The highest BCUT2D eigenvalue weighted by Crippen LogP contribution is 2.39. The number of rotatable bonds is 6. The number of anilines is 1. The first-order chi connectivity index (χ1) is 17.0. The molecule has 36 heavy (non-hydrogen) atoms. The van der Waals surface area contributed by atoms with Crippen molar-refractivity contribution < 1.29 is 22.7 Å². The van der Waals surface area contributed by atoms with Gasteiger partial charge in [-0.1, -0.05) is 62.7 Å². The number of nitrogens with one attached hydrogen (secondary N) is 2. The van der Waals surface area contributed by atoms with E-state index in [2.05, 4.69) is 30.5 Å². The van der Waals surface area contributed by atoms with Crippen LogP contribution in [0.2, 0.25) is 0 Å². The van der Waals surface area contributed by atoms with Crippen LogP contribution in [0.4, 0.5) is 10.5 Å². The van der Waals surface area contributed by atoms with Gasteiger partial charge in [0.15, 0.2) is 0 Å². The Balaban J connectivity index is 1.74. The molecule has 0 aliphatic heterocycles. The fraction of sp³-hybridized carbons (Fsp3) is 0.250. The molecule has 2 N–H and O–H groups in total. The summed E-state index contributed by atoms with van der Waals surface area (Å²) in [7, 11) is -3.81. The Hall–Kier alpha value is -3.78. The van der Waals surface area contributed by atoms with E-state index >= 15 is 0 Å². The molecule has 8 heteroatoms. The SMILES string of the molecule is CCOC(=O)Oc1[nH]c2ccc(NS(=O)(=O)c3ccc(C(C)(C)C)cc3)cc2c1-c1cccc(C)c1. The lowest BCUT2D eigenvalue weighted by Gasteiger charge is -2.19. The molecule has 0 saturated carbocycles. The zero-order chi connectivity index (χ0) is 26.1. The van der Waals surface area contributed by atoms with Crippen molar-refractivity contribution in [2.75, 3.05) is 11.3 Å². The Morgan fingerprint density at radius 3 is 2.36 bits per heavy atom. The van der Waals surface area contributed by atoms with Gasteiger partial charge in [-0.3, -0.25) is 4.72 Å². The van der Waals surface area contributed by atoms with Crippen molar-refractivity contribution in [1.29, 1.82) is 0 Å². The Labute approximate surface area is 211 Å². The average Bonchev–Trinajstić information content (AvgIpc) is 3.15. The van der Waals surface area contributed by atoms with E-state index < -0.39 is 16.2 Å². The van der Waals surface area contributed by atoms with E-state index in [-0.39, 0.29) is 22.8 Å². The van der Waals surface area contributed by atoms with Crippen molar-refractivity contribution >= 4 is 32.8 Å². The fourth-order valence-electron chi connectivity index (χ4n) is 3.97. The summed E-state index contributed by atoms with van der Waals surface area (Å²) in [5, 5.41) is 0.697. The first-order valence-corrected chi connectivity index (χ1v) is 13.2.